The van der Waals surface area contributed by atoms with E-state index in [0.717, 1.165) is 12.8 Å². The monoisotopic (exact) mass is 770 g/mol. The minimum Gasteiger partial charge on any atom is -0.483 e. The lowest BCUT2D eigenvalue weighted by atomic mass is 9.79. The SMILES string of the molecule is CCCCC1(CC)C(=O)[SH]c2cc(OCC(=O)N[C@@H](C(=O)NCCNC(=O)Nc3ncccn3)c3ccccc3)c(SC)cc2N(c2ccccc2)C1=O. The van der Waals surface area contributed by atoms with Gasteiger partial charge < -0.3 is 20.7 Å². The summed E-state index contributed by atoms with van der Waals surface area (Å²) in [6, 6.07) is 21.7. The van der Waals surface area contributed by atoms with Crippen LogP contribution >= 0.6 is 23.5 Å². The summed E-state index contributed by atoms with van der Waals surface area (Å²) in [5.74, 6) is -0.765. The number of para-hydroxylation sites is 1. The highest BCUT2D eigenvalue weighted by atomic mass is 32.2. The molecule has 2 atom stereocenters. The van der Waals surface area contributed by atoms with E-state index < -0.39 is 35.9 Å². The number of carbonyl (C=O) groups is 5. The third kappa shape index (κ3) is 9.57. The van der Waals surface area contributed by atoms with E-state index in [2.05, 4.69) is 31.2 Å². The molecule has 3 aromatic carbocycles. The second-order valence-corrected chi connectivity index (χ2v) is 14.3. The lowest BCUT2D eigenvalue weighted by molar-refractivity contribution is -0.136. The van der Waals surface area contributed by atoms with Gasteiger partial charge in [0.15, 0.2) is 11.7 Å². The van der Waals surface area contributed by atoms with Crippen LogP contribution in [0.5, 0.6) is 5.75 Å². The summed E-state index contributed by atoms with van der Waals surface area (Å²) in [5, 5.41) is 10.5. The highest BCUT2D eigenvalue weighted by Gasteiger charge is 2.49. The Morgan fingerprint density at radius 3 is 2.28 bits per heavy atom. The van der Waals surface area contributed by atoms with Gasteiger partial charge in [0.1, 0.15) is 17.2 Å². The number of aromatic nitrogens is 2. The zero-order valence-corrected chi connectivity index (χ0v) is 32.0. The van der Waals surface area contributed by atoms with Gasteiger partial charge in [0.25, 0.3) is 5.91 Å². The summed E-state index contributed by atoms with van der Waals surface area (Å²) in [6.45, 7) is 3.70. The van der Waals surface area contributed by atoms with Gasteiger partial charge in [-0.25, -0.2) is 14.8 Å². The maximum Gasteiger partial charge on any atom is 0.321 e. The number of thiol groups is 1. The molecule has 1 aliphatic heterocycles. The fourth-order valence-electron chi connectivity index (χ4n) is 5.98. The van der Waals surface area contributed by atoms with Gasteiger partial charge in [-0.15, -0.1) is 23.5 Å². The van der Waals surface area contributed by atoms with Gasteiger partial charge in [-0.2, -0.15) is 0 Å². The van der Waals surface area contributed by atoms with Crippen molar-refractivity contribution in [3.63, 3.8) is 0 Å². The van der Waals surface area contributed by atoms with Gasteiger partial charge in [-0.3, -0.25) is 29.4 Å². The molecule has 15 heteroatoms. The molecule has 0 bridgehead atoms. The van der Waals surface area contributed by atoms with Crippen molar-refractivity contribution in [1.29, 1.82) is 0 Å². The highest BCUT2D eigenvalue weighted by Crippen LogP contribution is 2.51. The first-order valence-electron chi connectivity index (χ1n) is 17.6. The molecule has 1 aromatic heterocycles. The van der Waals surface area contributed by atoms with Gasteiger partial charge in [0, 0.05) is 36.1 Å². The van der Waals surface area contributed by atoms with E-state index >= 15 is 0 Å². The first-order valence-corrected chi connectivity index (χ1v) is 19.8. The van der Waals surface area contributed by atoms with Crippen LogP contribution in [-0.2, 0) is 19.2 Å². The number of nitrogens with zero attached hydrogens (tertiary/aromatic N) is 3. The van der Waals surface area contributed by atoms with Crippen molar-refractivity contribution in [3.05, 3.63) is 96.8 Å². The number of rotatable bonds is 16. The summed E-state index contributed by atoms with van der Waals surface area (Å²) in [5.41, 5.74) is 0.625. The molecule has 13 nitrogen and oxygen atoms in total. The van der Waals surface area contributed by atoms with E-state index in [-0.39, 0.29) is 30.1 Å². The Bertz CT molecular complexity index is 1940. The molecule has 1 aliphatic rings. The molecule has 0 saturated carbocycles. The van der Waals surface area contributed by atoms with Crippen LogP contribution in [0.3, 0.4) is 0 Å². The first-order chi connectivity index (χ1) is 26.2. The number of nitrogens with one attached hydrogen (secondary N) is 4. The van der Waals surface area contributed by atoms with Crippen molar-refractivity contribution in [2.75, 3.05) is 36.2 Å². The fraction of sp³-hybridized carbons (Fsp3) is 0.308. The fourth-order valence-corrected chi connectivity index (χ4v) is 7.79. The molecule has 4 aromatic rings. The summed E-state index contributed by atoms with van der Waals surface area (Å²) in [6.07, 6.45) is 7.27. The van der Waals surface area contributed by atoms with Gasteiger partial charge in [0.05, 0.1) is 10.6 Å². The first kappa shape index (κ1) is 39.8. The normalized spacial score (nSPS) is 15.7. The van der Waals surface area contributed by atoms with E-state index in [9.17, 15) is 24.0 Å². The largest absolute Gasteiger partial charge is 0.483 e. The van der Waals surface area contributed by atoms with Crippen molar-refractivity contribution in [3.8, 4) is 5.75 Å². The van der Waals surface area contributed by atoms with Gasteiger partial charge in [0.2, 0.25) is 17.8 Å². The minimum absolute atomic E-state index is 0.0853. The summed E-state index contributed by atoms with van der Waals surface area (Å²) in [4.78, 5) is 78.2. The lowest BCUT2D eigenvalue weighted by Crippen LogP contribution is -2.44. The molecule has 0 fully saturated rings. The maximum atomic E-state index is 14.5. The summed E-state index contributed by atoms with van der Waals surface area (Å²) in [7, 11) is 0. The molecule has 5 amide bonds. The van der Waals surface area contributed by atoms with Crippen molar-refractivity contribution >= 4 is 69.7 Å². The Kier molecular flexibility index (Phi) is 14.1. The average Bonchev–Trinajstić information content (AvgIpc) is 3.28. The third-order valence-corrected chi connectivity index (χ3v) is 10.9. The zero-order chi connectivity index (χ0) is 38.5. The van der Waals surface area contributed by atoms with Crippen molar-refractivity contribution < 1.29 is 28.7 Å². The third-order valence-electron chi connectivity index (χ3n) is 8.88. The Morgan fingerprint density at radius 1 is 0.926 bits per heavy atom. The molecule has 5 rings (SSSR count). The highest BCUT2D eigenvalue weighted by molar-refractivity contribution is 8.14. The summed E-state index contributed by atoms with van der Waals surface area (Å²) >= 11 is 1.75. The quantitative estimate of drug-likeness (QED) is 0.0398. The number of benzene rings is 3. The smallest absolute Gasteiger partial charge is 0.321 e. The number of hydrogen-bond donors (Lipinski definition) is 5. The molecular formula is C39H44N7O6S2. The van der Waals surface area contributed by atoms with Crippen LogP contribution in [-0.4, -0.2) is 64.8 Å². The van der Waals surface area contributed by atoms with E-state index in [1.54, 1.807) is 47.4 Å². The number of ether oxygens (including phenoxy) is 1. The van der Waals surface area contributed by atoms with Gasteiger partial charge >= 0.3 is 6.03 Å². The lowest BCUT2D eigenvalue weighted by Gasteiger charge is -2.33. The zero-order valence-electron chi connectivity index (χ0n) is 30.3. The second kappa shape index (κ2) is 19.1. The molecule has 0 saturated heterocycles. The van der Waals surface area contributed by atoms with E-state index in [0.29, 0.717) is 57.1 Å². The van der Waals surface area contributed by atoms with E-state index in [1.165, 1.54) is 24.2 Å². The standard InChI is InChI=1S/C39H44N7O6S2/c1-4-6-18-39(5-2)35(49)46(27-16-11-8-12-17-27)28-23-31(53-3)29(24-30(28)54-36(39)50)52-25-32(47)44-33(26-14-9-7-10-15-26)34(48)40-21-22-43-38(51)45-37-41-19-13-20-42-37/h7-17,19-20,23-24,33,54H,4-6,18,21-22,25H2,1-3H3,(H,40,48)(H,44,47)(H2,41,42,43,45,51)/t33-,39?/m1/s1. The van der Waals surface area contributed by atoms with Crippen molar-refractivity contribution in [2.45, 2.75) is 55.4 Å². The average molecular weight is 771 g/mol. The number of hydrogen-bond acceptors (Lipinski definition) is 9. The Morgan fingerprint density at radius 2 is 1.61 bits per heavy atom. The predicted octanol–water partition coefficient (Wildman–Crippen LogP) is 5.99. The van der Waals surface area contributed by atoms with Crippen LogP contribution in [0.25, 0.3) is 0 Å². The number of fused-ring (bicyclic) bond motifs is 1. The Balaban J connectivity index is 1.30. The summed E-state index contributed by atoms with van der Waals surface area (Å²) < 4.78 is 6.08. The van der Waals surface area contributed by atoms with Crippen molar-refractivity contribution in [1.82, 2.24) is 25.9 Å². The van der Waals surface area contributed by atoms with Crippen LogP contribution in [0.1, 0.15) is 51.1 Å². The number of amides is 5. The number of urea groups is 1. The van der Waals surface area contributed by atoms with Crippen LogP contribution in [0.4, 0.5) is 22.1 Å². The minimum atomic E-state index is -1.18. The molecule has 1 unspecified atom stereocenters. The van der Waals surface area contributed by atoms with E-state index in [1.807, 2.05) is 56.5 Å². The van der Waals surface area contributed by atoms with Gasteiger partial charge in [-0.05, 0) is 55.0 Å². The molecule has 54 heavy (non-hydrogen) atoms. The predicted molar refractivity (Wildman–Crippen MR) is 211 cm³/mol. The Hall–Kier alpha value is -5.41. The van der Waals surface area contributed by atoms with E-state index in [4.69, 9.17) is 4.74 Å². The molecular weight excluding hydrogens is 727 g/mol. The number of thioether (sulfide) groups is 1. The van der Waals surface area contributed by atoms with Crippen LogP contribution in [0.2, 0.25) is 0 Å². The maximum absolute atomic E-state index is 14.5. The Labute approximate surface area is 322 Å². The molecule has 0 aliphatic carbocycles. The number of carbonyl (C=O) groups excluding carboxylic acids is 5. The molecule has 0 spiro atoms. The molecule has 283 valence electrons. The van der Waals surface area contributed by atoms with Crippen LogP contribution in [0.15, 0.2) is 101 Å². The number of unbranched alkanes of at least 4 members (excludes halogenated alkanes) is 1. The molecule has 4 N–H and O–H groups in total. The van der Waals surface area contributed by atoms with Crippen molar-refractivity contribution in [2.24, 2.45) is 5.41 Å². The van der Waals surface area contributed by atoms with Crippen LogP contribution in [0, 0.1) is 5.41 Å². The van der Waals surface area contributed by atoms with Gasteiger partial charge in [-0.1, -0.05) is 75.2 Å². The van der Waals surface area contributed by atoms with Crippen LogP contribution < -0.4 is 30.9 Å². The topological polar surface area (TPSA) is 172 Å². The second-order valence-electron chi connectivity index (χ2n) is 12.4. The number of anilines is 3. The molecule has 1 radical (unpaired) electrons. The molecule has 2 heterocycles.